The van der Waals surface area contributed by atoms with Crippen LogP contribution in [0, 0.1) is 6.92 Å². The molecule has 100 valence electrons. The van der Waals surface area contributed by atoms with Crippen LogP contribution >= 0.6 is 0 Å². The van der Waals surface area contributed by atoms with Gasteiger partial charge < -0.3 is 15.4 Å². The van der Waals surface area contributed by atoms with E-state index in [1.807, 2.05) is 31.2 Å². The molecule has 4 nitrogen and oxygen atoms in total. The molecule has 0 heterocycles. The Morgan fingerprint density at radius 1 is 1.44 bits per heavy atom. The summed E-state index contributed by atoms with van der Waals surface area (Å²) in [6.07, 6.45) is 0.131. The number of nitrogens with two attached hydrogens (primary N) is 1. The van der Waals surface area contributed by atoms with E-state index in [1.165, 1.54) is 5.56 Å². The summed E-state index contributed by atoms with van der Waals surface area (Å²) in [7, 11) is 3.38. The summed E-state index contributed by atoms with van der Waals surface area (Å²) in [5, 5.41) is 0. The molecule has 0 aromatic heterocycles. The van der Waals surface area contributed by atoms with E-state index < -0.39 is 0 Å². The van der Waals surface area contributed by atoms with E-state index >= 15 is 0 Å². The van der Waals surface area contributed by atoms with E-state index in [4.69, 9.17) is 10.5 Å². The Morgan fingerprint density at radius 2 is 2.11 bits per heavy atom. The van der Waals surface area contributed by atoms with Crippen molar-refractivity contribution in [3.05, 3.63) is 35.4 Å². The summed E-state index contributed by atoms with van der Waals surface area (Å²) < 4.78 is 5.12. The van der Waals surface area contributed by atoms with Gasteiger partial charge in [0.2, 0.25) is 5.91 Å². The Kier molecular flexibility index (Phi) is 5.82. The zero-order valence-electron chi connectivity index (χ0n) is 11.3. The number of hydrogen-bond donors (Lipinski definition) is 1. The van der Waals surface area contributed by atoms with E-state index in [9.17, 15) is 4.79 Å². The summed E-state index contributed by atoms with van der Waals surface area (Å²) in [6.45, 7) is 3.03. The van der Waals surface area contributed by atoms with Gasteiger partial charge in [-0.05, 0) is 18.1 Å². The Hall–Kier alpha value is -1.39. The van der Waals surface area contributed by atoms with Crippen LogP contribution in [0.25, 0.3) is 0 Å². The summed E-state index contributed by atoms with van der Waals surface area (Å²) >= 11 is 0. The summed E-state index contributed by atoms with van der Waals surface area (Å²) in [5.74, 6) is 0.0514. The lowest BCUT2D eigenvalue weighted by molar-refractivity contribution is -0.132. The largest absolute Gasteiger partial charge is 0.380 e. The molecule has 0 fully saturated rings. The Morgan fingerprint density at radius 3 is 2.67 bits per heavy atom. The minimum Gasteiger partial charge on any atom is -0.380 e. The van der Waals surface area contributed by atoms with Crippen molar-refractivity contribution in [2.24, 2.45) is 5.73 Å². The summed E-state index contributed by atoms with van der Waals surface area (Å²) in [4.78, 5) is 13.7. The number of amides is 1. The van der Waals surface area contributed by atoms with Crippen LogP contribution in [0.15, 0.2) is 24.3 Å². The maximum atomic E-state index is 12.0. The number of hydrogen-bond acceptors (Lipinski definition) is 3. The molecule has 1 aromatic carbocycles. The molecule has 0 aliphatic carbocycles. The highest BCUT2D eigenvalue weighted by molar-refractivity contribution is 5.76. The molecule has 1 rings (SSSR count). The smallest absolute Gasteiger partial charge is 0.225 e. The summed E-state index contributed by atoms with van der Waals surface area (Å²) in [5.41, 5.74) is 7.87. The molecule has 0 saturated heterocycles. The van der Waals surface area contributed by atoms with Gasteiger partial charge in [-0.2, -0.15) is 0 Å². The molecule has 1 aromatic rings. The van der Waals surface area contributed by atoms with Crippen LogP contribution in [0.4, 0.5) is 0 Å². The second-order valence-electron chi connectivity index (χ2n) is 4.47. The number of rotatable bonds is 6. The number of carbonyl (C=O) groups is 1. The predicted octanol–water partition coefficient (Wildman–Crippen LogP) is 1.32. The molecule has 1 amide bonds. The minimum atomic E-state index is -0.197. The SMILES string of the molecule is COC(CN)CC(=O)N(C)Cc1ccccc1C. The van der Waals surface area contributed by atoms with Gasteiger partial charge >= 0.3 is 0 Å². The molecule has 0 bridgehead atoms. The van der Waals surface area contributed by atoms with Crippen molar-refractivity contribution in [2.45, 2.75) is 26.0 Å². The molecule has 1 unspecified atom stereocenters. The minimum absolute atomic E-state index is 0.0514. The highest BCUT2D eigenvalue weighted by Gasteiger charge is 2.15. The average Bonchev–Trinajstić information content (AvgIpc) is 2.38. The summed E-state index contributed by atoms with van der Waals surface area (Å²) in [6, 6.07) is 8.07. The molecule has 0 aliphatic rings. The van der Waals surface area contributed by atoms with E-state index in [-0.39, 0.29) is 12.0 Å². The van der Waals surface area contributed by atoms with Crippen molar-refractivity contribution in [1.82, 2.24) is 4.90 Å². The molecule has 1 atom stereocenters. The molecular formula is C14H22N2O2. The van der Waals surface area contributed by atoms with Crippen LogP contribution in [-0.2, 0) is 16.1 Å². The van der Waals surface area contributed by atoms with Gasteiger partial charge in [-0.3, -0.25) is 4.79 Å². The third kappa shape index (κ3) is 4.13. The normalized spacial score (nSPS) is 12.2. The fourth-order valence-corrected chi connectivity index (χ4v) is 1.74. The van der Waals surface area contributed by atoms with Crippen LogP contribution in [-0.4, -0.2) is 37.6 Å². The Balaban J connectivity index is 2.57. The van der Waals surface area contributed by atoms with Crippen LogP contribution in [0.5, 0.6) is 0 Å². The van der Waals surface area contributed by atoms with Crippen LogP contribution in [0.1, 0.15) is 17.5 Å². The molecule has 4 heteroatoms. The number of methoxy groups -OCH3 is 1. The maximum absolute atomic E-state index is 12.0. The zero-order chi connectivity index (χ0) is 13.5. The quantitative estimate of drug-likeness (QED) is 0.828. The second kappa shape index (κ2) is 7.13. The molecule has 2 N–H and O–H groups in total. The van der Waals surface area contributed by atoms with Crippen molar-refractivity contribution >= 4 is 5.91 Å². The number of benzene rings is 1. The highest BCUT2D eigenvalue weighted by atomic mass is 16.5. The molecular weight excluding hydrogens is 228 g/mol. The fraction of sp³-hybridized carbons (Fsp3) is 0.500. The first-order valence-electron chi connectivity index (χ1n) is 6.09. The second-order valence-corrected chi connectivity index (χ2v) is 4.47. The van der Waals surface area contributed by atoms with E-state index in [2.05, 4.69) is 0 Å². The highest BCUT2D eigenvalue weighted by Crippen LogP contribution is 2.10. The van der Waals surface area contributed by atoms with Crippen molar-refractivity contribution in [2.75, 3.05) is 20.7 Å². The van der Waals surface area contributed by atoms with Gasteiger partial charge in [0, 0.05) is 27.2 Å². The van der Waals surface area contributed by atoms with Gasteiger partial charge in [0.25, 0.3) is 0 Å². The van der Waals surface area contributed by atoms with Gasteiger partial charge in [0.05, 0.1) is 12.5 Å². The third-order valence-electron chi connectivity index (χ3n) is 3.09. The van der Waals surface area contributed by atoms with Crippen molar-refractivity contribution in [1.29, 1.82) is 0 Å². The number of nitrogens with zero attached hydrogens (tertiary/aromatic N) is 1. The van der Waals surface area contributed by atoms with Crippen LogP contribution in [0.3, 0.4) is 0 Å². The van der Waals surface area contributed by atoms with Gasteiger partial charge in [0.15, 0.2) is 0 Å². The van der Waals surface area contributed by atoms with Gasteiger partial charge in [0.1, 0.15) is 0 Å². The molecule has 0 saturated carbocycles. The lowest BCUT2D eigenvalue weighted by Crippen LogP contribution is -2.33. The third-order valence-corrected chi connectivity index (χ3v) is 3.09. The zero-order valence-corrected chi connectivity index (χ0v) is 11.3. The maximum Gasteiger partial charge on any atom is 0.225 e. The number of aryl methyl sites for hydroxylation is 1. The average molecular weight is 250 g/mol. The van der Waals surface area contributed by atoms with E-state index in [0.717, 1.165) is 5.56 Å². The lowest BCUT2D eigenvalue weighted by Gasteiger charge is -2.21. The van der Waals surface area contributed by atoms with Crippen molar-refractivity contribution in [3.8, 4) is 0 Å². The van der Waals surface area contributed by atoms with Gasteiger partial charge in [-0.1, -0.05) is 24.3 Å². The molecule has 18 heavy (non-hydrogen) atoms. The van der Waals surface area contributed by atoms with Crippen LogP contribution in [0.2, 0.25) is 0 Å². The predicted molar refractivity (Wildman–Crippen MR) is 72.1 cm³/mol. The monoisotopic (exact) mass is 250 g/mol. The molecule has 0 radical (unpaired) electrons. The first kappa shape index (κ1) is 14.7. The van der Waals surface area contributed by atoms with Gasteiger partial charge in [-0.25, -0.2) is 0 Å². The lowest BCUT2D eigenvalue weighted by atomic mass is 10.1. The molecule has 0 aliphatic heterocycles. The van der Waals surface area contributed by atoms with Crippen LogP contribution < -0.4 is 5.73 Å². The Labute approximate surface area is 109 Å². The number of carbonyl (C=O) groups excluding carboxylic acids is 1. The molecule has 0 spiro atoms. The first-order valence-corrected chi connectivity index (χ1v) is 6.09. The van der Waals surface area contributed by atoms with E-state index in [1.54, 1.807) is 19.1 Å². The Bertz CT molecular complexity index is 389. The fourth-order valence-electron chi connectivity index (χ4n) is 1.74. The van der Waals surface area contributed by atoms with E-state index in [0.29, 0.717) is 19.5 Å². The topological polar surface area (TPSA) is 55.6 Å². The van der Waals surface area contributed by atoms with Crippen molar-refractivity contribution < 1.29 is 9.53 Å². The van der Waals surface area contributed by atoms with Gasteiger partial charge in [-0.15, -0.1) is 0 Å². The standard InChI is InChI=1S/C14H22N2O2/c1-11-6-4-5-7-12(11)10-16(2)14(17)8-13(9-15)18-3/h4-7,13H,8-10,15H2,1-3H3. The van der Waals surface area contributed by atoms with Crippen molar-refractivity contribution in [3.63, 3.8) is 0 Å². The first-order chi connectivity index (χ1) is 8.58. The number of ether oxygens (including phenoxy) is 1.